The first-order valence-electron chi connectivity index (χ1n) is 7.88. The standard InChI is InChI=1S/C15H29N3/c1-12(2)10-18(13-5-6-13)15(11-16)7-9-17-8-3-4-14(15)17/h12-14H,3-11,16H2,1-2H3. The molecule has 0 bridgehead atoms. The number of rotatable bonds is 5. The highest BCUT2D eigenvalue weighted by Crippen LogP contribution is 2.44. The van der Waals surface area contributed by atoms with Crippen LogP contribution in [0.2, 0.25) is 0 Å². The number of hydrogen-bond acceptors (Lipinski definition) is 3. The van der Waals surface area contributed by atoms with Crippen molar-refractivity contribution >= 4 is 0 Å². The summed E-state index contributed by atoms with van der Waals surface area (Å²) in [6, 6.07) is 1.60. The average Bonchev–Trinajstić information content (AvgIpc) is 2.95. The second-order valence-electron chi connectivity index (χ2n) is 7.03. The summed E-state index contributed by atoms with van der Waals surface area (Å²) in [5.74, 6) is 0.754. The van der Waals surface area contributed by atoms with Gasteiger partial charge in [0.05, 0.1) is 5.54 Å². The molecule has 104 valence electrons. The third-order valence-electron chi connectivity index (χ3n) is 5.29. The van der Waals surface area contributed by atoms with Crippen molar-refractivity contribution in [3.63, 3.8) is 0 Å². The molecule has 2 unspecified atom stereocenters. The molecule has 2 saturated heterocycles. The van der Waals surface area contributed by atoms with Gasteiger partial charge in [-0.15, -0.1) is 0 Å². The topological polar surface area (TPSA) is 32.5 Å². The molecule has 0 aromatic heterocycles. The van der Waals surface area contributed by atoms with Crippen molar-refractivity contribution in [2.75, 3.05) is 26.2 Å². The van der Waals surface area contributed by atoms with Crippen LogP contribution in [0.1, 0.15) is 46.0 Å². The van der Waals surface area contributed by atoms with Crippen molar-refractivity contribution in [2.45, 2.75) is 63.6 Å². The highest BCUT2D eigenvalue weighted by Gasteiger charge is 2.54. The quantitative estimate of drug-likeness (QED) is 0.807. The van der Waals surface area contributed by atoms with Crippen LogP contribution in [-0.4, -0.2) is 53.6 Å². The fourth-order valence-electron chi connectivity index (χ4n) is 4.37. The maximum absolute atomic E-state index is 6.30. The minimum atomic E-state index is 0.307. The van der Waals surface area contributed by atoms with Crippen LogP contribution >= 0.6 is 0 Å². The lowest BCUT2D eigenvalue weighted by Crippen LogP contribution is -2.61. The van der Waals surface area contributed by atoms with E-state index in [1.165, 1.54) is 51.7 Å². The lowest BCUT2D eigenvalue weighted by atomic mass is 9.85. The van der Waals surface area contributed by atoms with Gasteiger partial charge in [0.1, 0.15) is 0 Å². The Morgan fingerprint density at radius 3 is 2.67 bits per heavy atom. The summed E-state index contributed by atoms with van der Waals surface area (Å²) >= 11 is 0. The van der Waals surface area contributed by atoms with Crippen LogP contribution < -0.4 is 5.73 Å². The van der Waals surface area contributed by atoms with Gasteiger partial charge >= 0.3 is 0 Å². The van der Waals surface area contributed by atoms with Gasteiger partial charge in [-0.1, -0.05) is 13.8 Å². The van der Waals surface area contributed by atoms with Gasteiger partial charge in [-0.3, -0.25) is 9.80 Å². The smallest absolute Gasteiger partial charge is 0.0501 e. The normalized spacial score (nSPS) is 36.8. The van der Waals surface area contributed by atoms with Crippen LogP contribution in [0.25, 0.3) is 0 Å². The van der Waals surface area contributed by atoms with Gasteiger partial charge in [0.15, 0.2) is 0 Å². The van der Waals surface area contributed by atoms with Crippen LogP contribution in [0, 0.1) is 5.92 Å². The first-order chi connectivity index (χ1) is 8.67. The van der Waals surface area contributed by atoms with Gasteiger partial charge < -0.3 is 5.73 Å². The molecule has 18 heavy (non-hydrogen) atoms. The van der Waals surface area contributed by atoms with E-state index in [0.717, 1.165) is 24.5 Å². The fraction of sp³-hybridized carbons (Fsp3) is 1.00. The Morgan fingerprint density at radius 1 is 1.28 bits per heavy atom. The van der Waals surface area contributed by atoms with Gasteiger partial charge in [-0.2, -0.15) is 0 Å². The highest BCUT2D eigenvalue weighted by atomic mass is 15.4. The molecule has 3 aliphatic rings. The third-order valence-corrected chi connectivity index (χ3v) is 5.29. The Kier molecular flexibility index (Phi) is 3.41. The molecule has 0 spiro atoms. The summed E-state index contributed by atoms with van der Waals surface area (Å²) in [4.78, 5) is 5.54. The molecule has 2 heterocycles. The summed E-state index contributed by atoms with van der Waals surface area (Å²) in [5, 5.41) is 0. The summed E-state index contributed by atoms with van der Waals surface area (Å²) in [5.41, 5.74) is 6.61. The lowest BCUT2D eigenvalue weighted by molar-refractivity contribution is 0.0466. The largest absolute Gasteiger partial charge is 0.329 e. The molecule has 3 rings (SSSR count). The predicted molar refractivity (Wildman–Crippen MR) is 75.6 cm³/mol. The molecule has 0 aromatic rings. The Bertz CT molecular complexity index is 300. The summed E-state index contributed by atoms with van der Waals surface area (Å²) in [6.07, 6.45) is 6.87. The maximum Gasteiger partial charge on any atom is 0.0501 e. The van der Waals surface area contributed by atoms with Gasteiger partial charge in [0, 0.05) is 31.7 Å². The van der Waals surface area contributed by atoms with Crippen molar-refractivity contribution in [1.29, 1.82) is 0 Å². The van der Waals surface area contributed by atoms with Crippen LogP contribution in [0.15, 0.2) is 0 Å². The van der Waals surface area contributed by atoms with E-state index < -0.39 is 0 Å². The zero-order valence-corrected chi connectivity index (χ0v) is 12.1. The fourth-order valence-corrected chi connectivity index (χ4v) is 4.37. The summed E-state index contributed by atoms with van der Waals surface area (Å²) < 4.78 is 0. The minimum absolute atomic E-state index is 0.307. The molecular formula is C15H29N3. The van der Waals surface area contributed by atoms with Gasteiger partial charge in [0.25, 0.3) is 0 Å². The Hall–Kier alpha value is -0.120. The third kappa shape index (κ3) is 2.00. The highest BCUT2D eigenvalue weighted by molar-refractivity contribution is 5.12. The minimum Gasteiger partial charge on any atom is -0.329 e. The SMILES string of the molecule is CC(C)CN(C1CC1)C1(CN)CCN2CCCC21. The average molecular weight is 251 g/mol. The second-order valence-corrected chi connectivity index (χ2v) is 7.03. The van der Waals surface area contributed by atoms with Crippen molar-refractivity contribution in [1.82, 2.24) is 9.80 Å². The van der Waals surface area contributed by atoms with Crippen LogP contribution in [0.4, 0.5) is 0 Å². The molecular weight excluding hydrogens is 222 g/mol. The van der Waals surface area contributed by atoms with Crippen molar-refractivity contribution in [3.05, 3.63) is 0 Å². The van der Waals surface area contributed by atoms with Crippen LogP contribution in [-0.2, 0) is 0 Å². The zero-order chi connectivity index (χ0) is 12.8. The molecule has 3 heteroatoms. The molecule has 1 saturated carbocycles. The monoisotopic (exact) mass is 251 g/mol. The molecule has 2 aliphatic heterocycles. The molecule has 0 radical (unpaired) electrons. The predicted octanol–water partition coefficient (Wildman–Crippen LogP) is 1.67. The Morgan fingerprint density at radius 2 is 2.06 bits per heavy atom. The van der Waals surface area contributed by atoms with Crippen LogP contribution in [0.5, 0.6) is 0 Å². The van der Waals surface area contributed by atoms with Crippen molar-refractivity contribution in [2.24, 2.45) is 11.7 Å². The Labute approximate surface area is 112 Å². The molecule has 3 fully saturated rings. The van der Waals surface area contributed by atoms with Gasteiger partial charge in [-0.05, 0) is 44.6 Å². The molecule has 2 N–H and O–H groups in total. The zero-order valence-electron chi connectivity index (χ0n) is 12.1. The lowest BCUT2D eigenvalue weighted by Gasteiger charge is -2.46. The first-order valence-corrected chi connectivity index (χ1v) is 7.88. The number of nitrogens with zero attached hydrogens (tertiary/aromatic N) is 2. The maximum atomic E-state index is 6.30. The van der Waals surface area contributed by atoms with Crippen molar-refractivity contribution < 1.29 is 0 Å². The number of hydrogen-bond donors (Lipinski definition) is 1. The van der Waals surface area contributed by atoms with Gasteiger partial charge in [-0.25, -0.2) is 0 Å². The van der Waals surface area contributed by atoms with Gasteiger partial charge in [0.2, 0.25) is 0 Å². The van der Waals surface area contributed by atoms with E-state index in [4.69, 9.17) is 5.73 Å². The van der Waals surface area contributed by atoms with E-state index in [9.17, 15) is 0 Å². The van der Waals surface area contributed by atoms with E-state index in [-0.39, 0.29) is 0 Å². The molecule has 3 nitrogen and oxygen atoms in total. The second kappa shape index (κ2) is 4.77. The Balaban J connectivity index is 1.84. The van der Waals surface area contributed by atoms with Crippen LogP contribution in [0.3, 0.4) is 0 Å². The molecule has 1 aliphatic carbocycles. The van der Waals surface area contributed by atoms with E-state index in [1.807, 2.05) is 0 Å². The van der Waals surface area contributed by atoms with Crippen molar-refractivity contribution in [3.8, 4) is 0 Å². The molecule has 0 aromatic carbocycles. The van der Waals surface area contributed by atoms with E-state index in [1.54, 1.807) is 0 Å². The number of fused-ring (bicyclic) bond motifs is 1. The van der Waals surface area contributed by atoms with E-state index >= 15 is 0 Å². The molecule has 2 atom stereocenters. The number of nitrogens with two attached hydrogens (primary N) is 1. The summed E-state index contributed by atoms with van der Waals surface area (Å²) in [7, 11) is 0. The molecule has 0 amide bonds. The van der Waals surface area contributed by atoms with E-state index in [0.29, 0.717) is 5.54 Å². The van der Waals surface area contributed by atoms with E-state index in [2.05, 4.69) is 23.6 Å². The first kappa shape index (κ1) is 12.9. The summed E-state index contributed by atoms with van der Waals surface area (Å²) in [6.45, 7) is 9.39.